The summed E-state index contributed by atoms with van der Waals surface area (Å²) in [7, 11) is 1.92. The number of hydrogen-bond acceptors (Lipinski definition) is 3. The zero-order valence-electron chi connectivity index (χ0n) is 15.2. The van der Waals surface area contributed by atoms with Crippen LogP contribution in [0.4, 0.5) is 0 Å². The molecule has 4 aromatic rings. The van der Waals surface area contributed by atoms with Gasteiger partial charge in [-0.3, -0.25) is 4.79 Å². The molecule has 0 radical (unpaired) electrons. The standard InChI is InChI=1S/C11H10N2O2.C9H9N2.2ClH/c14-11(15)5-6-13-8-10-4-2-1-3-9(10)7-12-13;1-11-7-9-5-3-2-4-8(9)6-10-11;;/h1-4,7-8H,5-6H2;2-7H,1H3;2*1H/q;+1;;/p-1. The Hall–Kier alpha value is -2.83. The molecule has 0 aliphatic heterocycles. The lowest BCUT2D eigenvalue weighted by Crippen LogP contribution is -3.00. The van der Waals surface area contributed by atoms with Gasteiger partial charge in [0, 0.05) is 21.5 Å². The van der Waals surface area contributed by atoms with Crippen molar-refractivity contribution >= 4 is 27.5 Å². The van der Waals surface area contributed by atoms with Crippen molar-refractivity contribution in [1.29, 1.82) is 0 Å². The first-order chi connectivity index (χ1) is 12.6. The Kier molecular flexibility index (Phi) is 9.21. The maximum absolute atomic E-state index is 10.4. The SMILES string of the molecule is C[n+]1cc2ccccc2cn1.O=C(O)CC[n+]1cc2ccccc2cn1.[Cl-].[Cl-]. The summed E-state index contributed by atoms with van der Waals surface area (Å²) >= 11 is 0. The second-order valence-electron chi connectivity index (χ2n) is 5.89. The number of aliphatic carboxylic acids is 1. The van der Waals surface area contributed by atoms with E-state index in [2.05, 4.69) is 22.3 Å². The molecule has 0 aliphatic carbocycles. The third-order valence-electron chi connectivity index (χ3n) is 3.88. The van der Waals surface area contributed by atoms with Gasteiger partial charge in [-0.2, -0.15) is 0 Å². The number of hydrogen-bond donors (Lipinski definition) is 1. The summed E-state index contributed by atoms with van der Waals surface area (Å²) in [6.45, 7) is 0.403. The van der Waals surface area contributed by atoms with Crippen LogP contribution >= 0.6 is 0 Å². The Labute approximate surface area is 175 Å². The van der Waals surface area contributed by atoms with E-state index in [0.717, 1.165) is 10.8 Å². The van der Waals surface area contributed by atoms with Crippen LogP contribution < -0.4 is 34.2 Å². The Morgan fingerprint density at radius 1 is 0.857 bits per heavy atom. The van der Waals surface area contributed by atoms with Gasteiger partial charge in [0.1, 0.15) is 18.8 Å². The van der Waals surface area contributed by atoms with E-state index in [-0.39, 0.29) is 31.2 Å². The molecule has 8 heteroatoms. The molecule has 0 unspecified atom stereocenters. The second-order valence-corrected chi connectivity index (χ2v) is 5.89. The normalized spacial score (nSPS) is 9.61. The van der Waals surface area contributed by atoms with Crippen molar-refractivity contribution in [3.8, 4) is 0 Å². The topological polar surface area (TPSA) is 70.8 Å². The minimum atomic E-state index is -0.808. The van der Waals surface area contributed by atoms with E-state index in [0.29, 0.717) is 6.54 Å². The average molecular weight is 419 g/mol. The van der Waals surface area contributed by atoms with E-state index in [1.54, 1.807) is 10.9 Å². The van der Waals surface area contributed by atoms with Gasteiger partial charge in [0.2, 0.25) is 12.4 Å². The van der Waals surface area contributed by atoms with Crippen LogP contribution in [-0.2, 0) is 18.4 Å². The number of aromatic nitrogens is 4. The molecule has 1 N–H and O–H groups in total. The highest BCUT2D eigenvalue weighted by molar-refractivity contribution is 5.80. The van der Waals surface area contributed by atoms with Crippen molar-refractivity contribution in [2.45, 2.75) is 13.0 Å². The average Bonchev–Trinajstić information content (AvgIpc) is 2.66. The molecular weight excluding hydrogens is 399 g/mol. The first kappa shape index (κ1) is 23.2. The predicted molar refractivity (Wildman–Crippen MR) is 97.1 cm³/mol. The van der Waals surface area contributed by atoms with Gasteiger partial charge in [-0.15, -0.1) is 0 Å². The summed E-state index contributed by atoms with van der Waals surface area (Å²) in [5, 5.41) is 21.3. The molecule has 146 valence electrons. The van der Waals surface area contributed by atoms with Gasteiger partial charge in [0.25, 0.3) is 0 Å². The summed E-state index contributed by atoms with van der Waals surface area (Å²) in [4.78, 5) is 10.4. The van der Waals surface area contributed by atoms with Crippen LogP contribution in [0.15, 0.2) is 73.3 Å². The highest BCUT2D eigenvalue weighted by Gasteiger charge is 2.07. The molecule has 0 spiro atoms. The Morgan fingerprint density at radius 3 is 1.93 bits per heavy atom. The van der Waals surface area contributed by atoms with Crippen LogP contribution in [0.1, 0.15) is 6.42 Å². The van der Waals surface area contributed by atoms with Gasteiger partial charge < -0.3 is 29.9 Å². The monoisotopic (exact) mass is 418 g/mol. The van der Waals surface area contributed by atoms with Crippen LogP contribution in [0.5, 0.6) is 0 Å². The maximum Gasteiger partial charge on any atom is 0.309 e. The quantitative estimate of drug-likeness (QED) is 0.345. The highest BCUT2D eigenvalue weighted by Crippen LogP contribution is 2.08. The number of rotatable bonds is 3. The smallest absolute Gasteiger partial charge is 0.309 e. The number of benzene rings is 2. The summed E-state index contributed by atoms with van der Waals surface area (Å²) in [6.07, 6.45) is 7.58. The third kappa shape index (κ3) is 6.40. The largest absolute Gasteiger partial charge is 1.00 e. The Morgan fingerprint density at radius 2 is 1.36 bits per heavy atom. The Balaban J connectivity index is 0.000000271. The molecule has 0 aliphatic rings. The van der Waals surface area contributed by atoms with Gasteiger partial charge in [-0.25, -0.2) is 0 Å². The lowest BCUT2D eigenvalue weighted by Gasteiger charge is -1.95. The summed E-state index contributed by atoms with van der Waals surface area (Å²) in [5.74, 6) is -0.808. The van der Waals surface area contributed by atoms with Gasteiger partial charge in [0.15, 0.2) is 13.6 Å². The fourth-order valence-electron chi connectivity index (χ4n) is 2.54. The molecule has 0 amide bonds. The van der Waals surface area contributed by atoms with Crippen molar-refractivity contribution in [3.63, 3.8) is 0 Å². The highest BCUT2D eigenvalue weighted by atomic mass is 35.5. The molecule has 0 fully saturated rings. The van der Waals surface area contributed by atoms with E-state index >= 15 is 0 Å². The van der Waals surface area contributed by atoms with Crippen LogP contribution in [0.3, 0.4) is 0 Å². The first-order valence-corrected chi connectivity index (χ1v) is 8.29. The third-order valence-corrected chi connectivity index (χ3v) is 3.88. The number of halogens is 2. The zero-order chi connectivity index (χ0) is 18.4. The molecule has 0 atom stereocenters. The number of fused-ring (bicyclic) bond motifs is 2. The molecule has 2 aromatic heterocycles. The molecule has 6 nitrogen and oxygen atoms in total. The van der Waals surface area contributed by atoms with Crippen molar-refractivity contribution in [3.05, 3.63) is 73.3 Å². The van der Waals surface area contributed by atoms with Crippen LogP contribution in [0.25, 0.3) is 21.5 Å². The van der Waals surface area contributed by atoms with Crippen molar-refractivity contribution in [2.24, 2.45) is 7.05 Å². The maximum atomic E-state index is 10.4. The molecular formula is C20H20Cl2N4O2. The predicted octanol–water partition coefficient (Wildman–Crippen LogP) is -3.94. The van der Waals surface area contributed by atoms with Gasteiger partial charge >= 0.3 is 5.97 Å². The summed E-state index contributed by atoms with van der Waals surface area (Å²) in [6, 6.07) is 16.0. The van der Waals surface area contributed by atoms with Crippen molar-refractivity contribution in [1.82, 2.24) is 10.2 Å². The van der Waals surface area contributed by atoms with E-state index in [9.17, 15) is 4.79 Å². The number of nitrogens with zero attached hydrogens (tertiary/aromatic N) is 4. The minimum Gasteiger partial charge on any atom is -1.00 e. The van der Waals surface area contributed by atoms with Gasteiger partial charge in [0.05, 0.1) is 0 Å². The van der Waals surface area contributed by atoms with Crippen LogP contribution in [-0.4, -0.2) is 21.3 Å². The summed E-state index contributed by atoms with van der Waals surface area (Å²) in [5.41, 5.74) is 0. The lowest BCUT2D eigenvalue weighted by molar-refractivity contribution is -0.751. The van der Waals surface area contributed by atoms with E-state index in [1.807, 2.05) is 66.7 Å². The molecule has 0 saturated heterocycles. The second kappa shape index (κ2) is 11.1. The number of carboxylic acids is 1. The van der Waals surface area contributed by atoms with Gasteiger partial charge in [-0.05, 0) is 22.3 Å². The van der Waals surface area contributed by atoms with Crippen LogP contribution in [0, 0.1) is 0 Å². The Bertz CT molecular complexity index is 1060. The number of carboxylic acid groups (broad SMARTS) is 1. The molecule has 2 heterocycles. The summed E-state index contributed by atoms with van der Waals surface area (Å²) < 4.78 is 3.46. The molecule has 0 saturated carbocycles. The number of carbonyl (C=O) groups is 1. The molecule has 0 bridgehead atoms. The fourth-order valence-corrected chi connectivity index (χ4v) is 2.54. The molecule has 2 aromatic carbocycles. The minimum absolute atomic E-state index is 0. The lowest BCUT2D eigenvalue weighted by atomic mass is 10.2. The van der Waals surface area contributed by atoms with Crippen molar-refractivity contribution < 1.29 is 44.1 Å². The van der Waals surface area contributed by atoms with Gasteiger partial charge in [-0.1, -0.05) is 45.8 Å². The van der Waals surface area contributed by atoms with Crippen LogP contribution in [0.2, 0.25) is 0 Å². The first-order valence-electron chi connectivity index (χ1n) is 8.29. The van der Waals surface area contributed by atoms with E-state index in [1.165, 1.54) is 10.8 Å². The van der Waals surface area contributed by atoms with Crippen molar-refractivity contribution in [2.75, 3.05) is 0 Å². The zero-order valence-corrected chi connectivity index (χ0v) is 16.8. The van der Waals surface area contributed by atoms with E-state index < -0.39 is 5.97 Å². The van der Waals surface area contributed by atoms with E-state index in [4.69, 9.17) is 5.11 Å². The molecule has 4 rings (SSSR count). The number of aryl methyl sites for hydroxylation is 2. The fraction of sp³-hybridized carbons (Fsp3) is 0.150. The molecule has 28 heavy (non-hydrogen) atoms.